The number of hydrogen-bond acceptors (Lipinski definition) is 4. The van der Waals surface area contributed by atoms with Crippen LogP contribution < -0.4 is 4.74 Å². The zero-order valence-corrected chi connectivity index (χ0v) is 17.9. The number of rotatable bonds is 7. The molecule has 0 saturated heterocycles. The Labute approximate surface area is 181 Å². The molecule has 0 unspecified atom stereocenters. The maximum absolute atomic E-state index is 12.9. The highest BCUT2D eigenvalue weighted by Crippen LogP contribution is 2.24. The van der Waals surface area contributed by atoms with Gasteiger partial charge in [0.1, 0.15) is 18.2 Å². The topological polar surface area (TPSA) is 52.6 Å². The van der Waals surface area contributed by atoms with E-state index >= 15 is 0 Å². The van der Waals surface area contributed by atoms with Crippen LogP contribution in [0.3, 0.4) is 0 Å². The third kappa shape index (κ3) is 6.25. The highest BCUT2D eigenvalue weighted by Gasteiger charge is 2.14. The van der Waals surface area contributed by atoms with Gasteiger partial charge in [-0.15, -0.1) is 0 Å². The van der Waals surface area contributed by atoms with Crippen molar-refractivity contribution in [3.63, 3.8) is 0 Å². The summed E-state index contributed by atoms with van der Waals surface area (Å²) in [5.74, 6) is -0.646. The van der Waals surface area contributed by atoms with Gasteiger partial charge in [0.25, 0.3) is 0 Å². The zero-order valence-electron chi connectivity index (χ0n) is 17.9. The fraction of sp³-hybridized carbons (Fsp3) is 0.231. The molecule has 31 heavy (non-hydrogen) atoms. The summed E-state index contributed by atoms with van der Waals surface area (Å²) in [6, 6.07) is 19.9. The lowest BCUT2D eigenvalue weighted by atomic mass is 9.87. The summed E-state index contributed by atoms with van der Waals surface area (Å²) < 4.78 is 23.8. The second-order valence-corrected chi connectivity index (χ2v) is 8.27. The minimum absolute atomic E-state index is 0.0899. The van der Waals surface area contributed by atoms with Crippen LogP contribution in [0.5, 0.6) is 5.75 Å². The van der Waals surface area contributed by atoms with Crippen molar-refractivity contribution in [2.75, 3.05) is 6.61 Å². The van der Waals surface area contributed by atoms with Gasteiger partial charge in [-0.05, 0) is 65.1 Å². The van der Waals surface area contributed by atoms with Gasteiger partial charge in [0.15, 0.2) is 12.4 Å². The van der Waals surface area contributed by atoms with Crippen molar-refractivity contribution >= 4 is 11.8 Å². The van der Waals surface area contributed by atoms with E-state index in [1.165, 1.54) is 29.8 Å². The SMILES string of the molecule is CC(C)(C)c1ccc(OCc2ccc(C(=O)OCC(=O)c3ccc(F)cc3)cc2)cc1. The second kappa shape index (κ2) is 9.56. The number of carbonyl (C=O) groups excluding carboxylic acids is 2. The highest BCUT2D eigenvalue weighted by atomic mass is 19.1. The first-order valence-electron chi connectivity index (χ1n) is 10.0. The largest absolute Gasteiger partial charge is 0.489 e. The molecule has 5 heteroatoms. The van der Waals surface area contributed by atoms with E-state index < -0.39 is 24.2 Å². The average molecular weight is 420 g/mol. The molecule has 4 nitrogen and oxygen atoms in total. The molecule has 0 aliphatic carbocycles. The van der Waals surface area contributed by atoms with Crippen LogP contribution in [-0.2, 0) is 16.8 Å². The third-order valence-corrected chi connectivity index (χ3v) is 4.82. The number of ether oxygens (including phenoxy) is 2. The van der Waals surface area contributed by atoms with Crippen LogP contribution in [-0.4, -0.2) is 18.4 Å². The van der Waals surface area contributed by atoms with Gasteiger partial charge < -0.3 is 9.47 Å². The Kier molecular flexibility index (Phi) is 6.85. The summed E-state index contributed by atoms with van der Waals surface area (Å²) in [5, 5.41) is 0. The Hall–Kier alpha value is -3.47. The number of halogens is 1. The molecule has 0 radical (unpaired) electrons. The molecule has 160 valence electrons. The molecule has 3 rings (SSSR count). The number of ketones is 1. The lowest BCUT2D eigenvalue weighted by molar-refractivity contribution is 0.0474. The predicted molar refractivity (Wildman–Crippen MR) is 117 cm³/mol. The molecule has 0 fully saturated rings. The Balaban J connectivity index is 1.50. The lowest BCUT2D eigenvalue weighted by Gasteiger charge is -2.19. The number of benzene rings is 3. The van der Waals surface area contributed by atoms with Crippen molar-refractivity contribution in [3.8, 4) is 5.75 Å². The van der Waals surface area contributed by atoms with E-state index in [4.69, 9.17) is 9.47 Å². The molecule has 0 amide bonds. The quantitative estimate of drug-likeness (QED) is 0.361. The number of hydrogen-bond donors (Lipinski definition) is 0. The van der Waals surface area contributed by atoms with E-state index in [0.29, 0.717) is 12.2 Å². The van der Waals surface area contributed by atoms with Crippen LogP contribution in [0.15, 0.2) is 72.8 Å². The number of carbonyl (C=O) groups is 2. The summed E-state index contributed by atoms with van der Waals surface area (Å²) in [6.45, 7) is 6.45. The fourth-order valence-corrected chi connectivity index (χ4v) is 2.89. The van der Waals surface area contributed by atoms with Crippen molar-refractivity contribution in [2.24, 2.45) is 0 Å². The standard InChI is InChI=1S/C26H25FO4/c1-26(2,3)21-10-14-23(15-11-21)30-16-18-4-6-20(7-5-18)25(29)31-17-24(28)19-8-12-22(27)13-9-19/h4-15H,16-17H2,1-3H3. The van der Waals surface area contributed by atoms with Gasteiger partial charge in [-0.1, -0.05) is 45.0 Å². The van der Waals surface area contributed by atoms with Gasteiger partial charge in [-0.25, -0.2) is 9.18 Å². The number of esters is 1. The lowest BCUT2D eigenvalue weighted by Crippen LogP contribution is -2.14. The van der Waals surface area contributed by atoms with Gasteiger partial charge in [-0.2, -0.15) is 0 Å². The molecule has 0 bridgehead atoms. The Morgan fingerprint density at radius 1 is 0.806 bits per heavy atom. The fourth-order valence-electron chi connectivity index (χ4n) is 2.89. The van der Waals surface area contributed by atoms with E-state index in [1.54, 1.807) is 24.3 Å². The summed E-state index contributed by atoms with van der Waals surface area (Å²) in [5.41, 5.74) is 2.86. The normalized spacial score (nSPS) is 11.1. The highest BCUT2D eigenvalue weighted by molar-refractivity contribution is 5.99. The summed E-state index contributed by atoms with van der Waals surface area (Å²) >= 11 is 0. The maximum atomic E-state index is 12.9. The van der Waals surface area contributed by atoms with Gasteiger partial charge >= 0.3 is 5.97 Å². The molecule has 0 aliphatic rings. The molecule has 0 atom stereocenters. The van der Waals surface area contributed by atoms with Gasteiger partial charge in [-0.3, -0.25) is 4.79 Å². The van der Waals surface area contributed by atoms with E-state index in [-0.39, 0.29) is 11.0 Å². The van der Waals surface area contributed by atoms with Crippen LogP contribution in [0.25, 0.3) is 0 Å². The minimum Gasteiger partial charge on any atom is -0.489 e. The van der Waals surface area contributed by atoms with Crippen molar-refractivity contribution < 1.29 is 23.5 Å². The van der Waals surface area contributed by atoms with Crippen molar-refractivity contribution in [1.82, 2.24) is 0 Å². The molecular formula is C26H25FO4. The molecule has 0 aromatic heterocycles. The molecule has 3 aromatic carbocycles. The van der Waals surface area contributed by atoms with Crippen molar-refractivity contribution in [1.29, 1.82) is 0 Å². The van der Waals surface area contributed by atoms with Gasteiger partial charge in [0, 0.05) is 5.56 Å². The first-order chi connectivity index (χ1) is 14.7. The molecule has 0 heterocycles. The molecule has 3 aromatic rings. The molecule has 0 N–H and O–H groups in total. The van der Waals surface area contributed by atoms with Gasteiger partial charge in [0.2, 0.25) is 0 Å². The van der Waals surface area contributed by atoms with E-state index in [9.17, 15) is 14.0 Å². The van der Waals surface area contributed by atoms with Crippen LogP contribution in [0.4, 0.5) is 4.39 Å². The summed E-state index contributed by atoms with van der Waals surface area (Å²) in [4.78, 5) is 24.2. The Morgan fingerprint density at radius 2 is 1.39 bits per heavy atom. The Morgan fingerprint density at radius 3 is 1.97 bits per heavy atom. The van der Waals surface area contributed by atoms with Crippen LogP contribution in [0.2, 0.25) is 0 Å². The van der Waals surface area contributed by atoms with Crippen LogP contribution in [0.1, 0.15) is 52.6 Å². The first kappa shape index (κ1) is 22.2. The smallest absolute Gasteiger partial charge is 0.338 e. The third-order valence-electron chi connectivity index (χ3n) is 4.82. The Bertz CT molecular complexity index is 1030. The monoisotopic (exact) mass is 420 g/mol. The molecular weight excluding hydrogens is 395 g/mol. The summed E-state index contributed by atoms with van der Waals surface area (Å²) in [6.07, 6.45) is 0. The van der Waals surface area contributed by atoms with Crippen molar-refractivity contribution in [2.45, 2.75) is 32.8 Å². The van der Waals surface area contributed by atoms with E-state index in [2.05, 4.69) is 32.9 Å². The predicted octanol–water partition coefficient (Wildman–Crippen LogP) is 5.74. The van der Waals surface area contributed by atoms with Crippen molar-refractivity contribution in [3.05, 3.63) is 101 Å². The molecule has 0 saturated carbocycles. The zero-order chi connectivity index (χ0) is 22.4. The second-order valence-electron chi connectivity index (χ2n) is 8.27. The van der Waals surface area contributed by atoms with Gasteiger partial charge in [0.05, 0.1) is 5.56 Å². The average Bonchev–Trinajstić information content (AvgIpc) is 2.76. The van der Waals surface area contributed by atoms with E-state index in [1.807, 2.05) is 12.1 Å². The number of Topliss-reactive ketones (excluding diaryl/α,β-unsaturated/α-hetero) is 1. The minimum atomic E-state index is -0.597. The van der Waals surface area contributed by atoms with E-state index in [0.717, 1.165) is 11.3 Å². The molecule has 0 aliphatic heterocycles. The van der Waals surface area contributed by atoms with Crippen LogP contribution in [0, 0.1) is 5.82 Å². The summed E-state index contributed by atoms with van der Waals surface area (Å²) in [7, 11) is 0. The maximum Gasteiger partial charge on any atom is 0.338 e. The van der Waals surface area contributed by atoms with Crippen LogP contribution >= 0.6 is 0 Å². The first-order valence-corrected chi connectivity index (χ1v) is 10.0. The molecule has 0 spiro atoms.